The molecule has 2 aliphatic rings. The molecule has 48 heavy (non-hydrogen) atoms. The van der Waals surface area contributed by atoms with Gasteiger partial charge < -0.3 is 26.0 Å². The summed E-state index contributed by atoms with van der Waals surface area (Å²) in [7, 11) is -3.98. The summed E-state index contributed by atoms with van der Waals surface area (Å²) in [5.74, 6) is -0.0749. The van der Waals surface area contributed by atoms with E-state index in [1.807, 2.05) is 63.4 Å². The number of nitrogens with zero attached hydrogens (tertiary/aromatic N) is 4. The van der Waals surface area contributed by atoms with Crippen molar-refractivity contribution < 1.29 is 23.1 Å². The van der Waals surface area contributed by atoms with E-state index >= 15 is 0 Å². The van der Waals surface area contributed by atoms with Crippen LogP contribution < -0.4 is 11.1 Å². The van der Waals surface area contributed by atoms with E-state index in [9.17, 15) is 23.1 Å². The summed E-state index contributed by atoms with van der Waals surface area (Å²) in [6.07, 6.45) is 1.36. The number of carbonyl (C=O) groups is 2. The molecule has 0 bridgehead atoms. The third-order valence-corrected chi connectivity index (χ3v) is 11.7. The molecule has 260 valence electrons. The van der Waals surface area contributed by atoms with Gasteiger partial charge in [-0.05, 0) is 60.9 Å². The normalized spacial score (nSPS) is 17.4. The number of carbonyl (C=O) groups excluding carboxylic acids is 2. The van der Waals surface area contributed by atoms with Gasteiger partial charge in [0.05, 0.1) is 34.3 Å². The molecule has 1 saturated heterocycles. The highest BCUT2D eigenvalue weighted by Gasteiger charge is 2.41. The Balaban J connectivity index is 1.34. The van der Waals surface area contributed by atoms with Crippen molar-refractivity contribution >= 4 is 39.0 Å². The minimum absolute atomic E-state index is 0.0260. The van der Waals surface area contributed by atoms with Crippen molar-refractivity contribution in [2.45, 2.75) is 82.5 Å². The van der Waals surface area contributed by atoms with E-state index in [-0.39, 0.29) is 48.2 Å². The highest BCUT2D eigenvalue weighted by atomic mass is 32.2. The molecule has 3 aromatic rings. The fourth-order valence-corrected chi connectivity index (χ4v) is 8.74. The van der Waals surface area contributed by atoms with Crippen LogP contribution in [0.3, 0.4) is 0 Å². The first kappa shape index (κ1) is 35.8. The third-order valence-electron chi connectivity index (χ3n) is 8.78. The van der Waals surface area contributed by atoms with Gasteiger partial charge in [-0.15, -0.1) is 11.3 Å². The summed E-state index contributed by atoms with van der Waals surface area (Å²) in [4.78, 5) is 35.9. The highest BCUT2D eigenvalue weighted by molar-refractivity contribution is 7.89. The molecule has 1 aliphatic carbocycles. The van der Waals surface area contributed by atoms with Crippen LogP contribution in [0.4, 0.5) is 10.5 Å². The minimum atomic E-state index is -3.98. The molecule has 4 N–H and O–H groups in total. The Labute approximate surface area is 288 Å². The summed E-state index contributed by atoms with van der Waals surface area (Å²) in [5, 5.41) is 17.9. The monoisotopic (exact) mass is 696 g/mol. The molecule has 5 rings (SSSR count). The van der Waals surface area contributed by atoms with E-state index in [1.54, 1.807) is 21.1 Å². The van der Waals surface area contributed by atoms with E-state index in [0.717, 1.165) is 16.3 Å². The van der Waals surface area contributed by atoms with Gasteiger partial charge in [-0.1, -0.05) is 58.0 Å². The molecule has 13 heteroatoms. The zero-order valence-electron chi connectivity index (χ0n) is 28.2. The third kappa shape index (κ3) is 8.73. The first-order valence-electron chi connectivity index (χ1n) is 16.7. The molecule has 1 aromatic heterocycles. The average Bonchev–Trinajstić information content (AvgIpc) is 3.69. The van der Waals surface area contributed by atoms with Gasteiger partial charge in [0.25, 0.3) is 0 Å². The summed E-state index contributed by atoms with van der Waals surface area (Å²) < 4.78 is 28.8. The van der Waals surface area contributed by atoms with Gasteiger partial charge in [0.15, 0.2) is 0 Å². The number of thiazole rings is 1. The number of nitrogens with two attached hydrogens (primary N) is 1. The van der Waals surface area contributed by atoms with Gasteiger partial charge in [-0.3, -0.25) is 4.79 Å². The Morgan fingerprint density at radius 1 is 1.06 bits per heavy atom. The smallest absolute Gasteiger partial charge is 0.321 e. The molecule has 11 nitrogen and oxygen atoms in total. The Hall–Kier alpha value is -3.52. The van der Waals surface area contributed by atoms with Crippen molar-refractivity contribution in [3.8, 4) is 0 Å². The number of aromatic nitrogens is 1. The fraction of sp³-hybridized carbons (Fsp3) is 0.514. The van der Waals surface area contributed by atoms with Crippen LogP contribution in [0.15, 0.2) is 64.9 Å². The zero-order valence-corrected chi connectivity index (χ0v) is 29.8. The van der Waals surface area contributed by atoms with E-state index in [1.165, 1.54) is 41.4 Å². The SMILES string of the molecule is CC(C)CN(C[C@@H](O)[C@H](Cc1ccccc1)NC(=O)C(C(C)C)N1CCN(Cc2csc(C3CC3)n2)C1=O)S(=O)(=O)c1ccc(N)cc1. The summed E-state index contributed by atoms with van der Waals surface area (Å²) in [6.45, 7) is 8.82. The lowest BCUT2D eigenvalue weighted by molar-refractivity contribution is -0.128. The molecule has 2 heterocycles. The summed E-state index contributed by atoms with van der Waals surface area (Å²) in [6, 6.07) is 13.6. The van der Waals surface area contributed by atoms with Gasteiger partial charge in [0.1, 0.15) is 6.04 Å². The predicted molar refractivity (Wildman–Crippen MR) is 188 cm³/mol. The van der Waals surface area contributed by atoms with Crippen molar-refractivity contribution in [2.75, 3.05) is 31.9 Å². The van der Waals surface area contributed by atoms with Crippen molar-refractivity contribution in [2.24, 2.45) is 11.8 Å². The van der Waals surface area contributed by atoms with Crippen LogP contribution in [0.1, 0.15) is 62.7 Å². The molecule has 0 radical (unpaired) electrons. The predicted octanol–water partition coefficient (Wildman–Crippen LogP) is 4.30. The minimum Gasteiger partial charge on any atom is -0.399 e. The number of rotatable bonds is 16. The number of urea groups is 1. The van der Waals surface area contributed by atoms with Crippen LogP contribution in [-0.4, -0.2) is 88.9 Å². The standard InChI is InChI=1S/C35H48N6O5S2/c1-23(2)19-40(48(45,46)29-14-12-27(36)13-15-29)21-31(42)30(18-25-8-6-5-7-9-25)38-33(43)32(24(3)4)41-17-16-39(35(41)44)20-28-22-47-34(37-28)26-10-11-26/h5-9,12-15,22-24,26,30-32,42H,10-11,16-21,36H2,1-4H3,(H,38,43)/t30-,31+,32?/m0/s1. The van der Waals surface area contributed by atoms with Gasteiger partial charge >= 0.3 is 6.03 Å². The second-order valence-corrected chi connectivity index (χ2v) is 16.5. The maximum Gasteiger partial charge on any atom is 0.321 e. The lowest BCUT2D eigenvalue weighted by Crippen LogP contribution is -2.57. The number of amides is 3. The van der Waals surface area contributed by atoms with Gasteiger partial charge in [0.2, 0.25) is 15.9 Å². The van der Waals surface area contributed by atoms with E-state index in [4.69, 9.17) is 10.7 Å². The molecule has 1 aliphatic heterocycles. The van der Waals surface area contributed by atoms with Crippen LogP contribution in [0, 0.1) is 11.8 Å². The van der Waals surface area contributed by atoms with Crippen molar-refractivity contribution in [3.63, 3.8) is 0 Å². The molecular formula is C35H48N6O5S2. The molecule has 2 fully saturated rings. The zero-order chi connectivity index (χ0) is 34.6. The molecule has 0 spiro atoms. The number of hydrogen-bond donors (Lipinski definition) is 3. The van der Waals surface area contributed by atoms with Crippen LogP contribution in [0.2, 0.25) is 0 Å². The van der Waals surface area contributed by atoms with E-state index < -0.39 is 28.2 Å². The quantitative estimate of drug-likeness (QED) is 0.189. The van der Waals surface area contributed by atoms with Gasteiger partial charge in [0, 0.05) is 43.2 Å². The molecule has 3 amide bonds. The Morgan fingerprint density at radius 2 is 1.75 bits per heavy atom. The van der Waals surface area contributed by atoms with Crippen molar-refractivity contribution in [1.29, 1.82) is 0 Å². The lowest BCUT2D eigenvalue weighted by atomic mass is 9.97. The van der Waals surface area contributed by atoms with Gasteiger partial charge in [-0.25, -0.2) is 18.2 Å². The maximum absolute atomic E-state index is 14.1. The van der Waals surface area contributed by atoms with Crippen molar-refractivity contribution in [3.05, 3.63) is 76.2 Å². The maximum atomic E-state index is 14.1. The van der Waals surface area contributed by atoms with Crippen LogP contribution >= 0.6 is 11.3 Å². The topological polar surface area (TPSA) is 149 Å². The first-order valence-corrected chi connectivity index (χ1v) is 19.0. The highest BCUT2D eigenvalue weighted by Crippen LogP contribution is 2.41. The second-order valence-electron chi connectivity index (χ2n) is 13.7. The van der Waals surface area contributed by atoms with Crippen LogP contribution in [-0.2, 0) is 27.8 Å². The molecule has 1 saturated carbocycles. The Kier molecular flexibility index (Phi) is 11.4. The second kappa shape index (κ2) is 15.4. The number of anilines is 1. The number of aliphatic hydroxyl groups excluding tert-OH is 1. The fourth-order valence-electron chi connectivity index (χ4n) is 6.14. The lowest BCUT2D eigenvalue weighted by Gasteiger charge is -2.34. The molecule has 2 aromatic carbocycles. The summed E-state index contributed by atoms with van der Waals surface area (Å²) in [5.41, 5.74) is 7.99. The number of nitrogen functional groups attached to an aromatic ring is 1. The average molecular weight is 697 g/mol. The first-order chi connectivity index (χ1) is 22.8. The Bertz CT molecular complexity index is 1640. The van der Waals surface area contributed by atoms with E-state index in [0.29, 0.717) is 31.2 Å². The molecular weight excluding hydrogens is 649 g/mol. The number of benzene rings is 2. The number of nitrogens with one attached hydrogen (secondary N) is 1. The van der Waals surface area contributed by atoms with Crippen molar-refractivity contribution in [1.82, 2.24) is 24.4 Å². The van der Waals surface area contributed by atoms with E-state index in [2.05, 4.69) is 5.32 Å². The summed E-state index contributed by atoms with van der Waals surface area (Å²) >= 11 is 1.64. The van der Waals surface area contributed by atoms with Gasteiger partial charge in [-0.2, -0.15) is 4.31 Å². The molecule has 3 atom stereocenters. The van der Waals surface area contributed by atoms with Crippen LogP contribution in [0.5, 0.6) is 0 Å². The Morgan fingerprint density at radius 3 is 2.38 bits per heavy atom. The van der Waals surface area contributed by atoms with Crippen LogP contribution in [0.25, 0.3) is 0 Å². The molecule has 1 unspecified atom stereocenters. The number of sulfonamides is 1. The number of hydrogen-bond acceptors (Lipinski definition) is 8. The largest absolute Gasteiger partial charge is 0.399 e. The number of aliphatic hydroxyl groups is 1.